The van der Waals surface area contributed by atoms with Crippen molar-refractivity contribution in [2.45, 2.75) is 26.7 Å². The first-order chi connectivity index (χ1) is 11.0. The Hall–Kier alpha value is -2.03. The molecule has 0 bridgehead atoms. The third-order valence-electron chi connectivity index (χ3n) is 4.76. The molecule has 1 saturated heterocycles. The molecule has 124 valence electrons. The van der Waals surface area contributed by atoms with Gasteiger partial charge >= 0.3 is 0 Å². The zero-order valence-electron chi connectivity index (χ0n) is 14.3. The molecule has 3 heteroatoms. The number of piperidine rings is 1. The number of rotatable bonds is 6. The highest BCUT2D eigenvalue weighted by Crippen LogP contribution is 2.23. The number of likely N-dealkylation sites (tertiary alicyclic amines) is 1. The predicted molar refractivity (Wildman–Crippen MR) is 96.3 cm³/mol. The number of benzene rings is 1. The molecule has 1 amide bonds. The molecule has 1 N–H and O–H groups in total. The fourth-order valence-corrected chi connectivity index (χ4v) is 2.89. The van der Waals surface area contributed by atoms with Crippen LogP contribution in [0.2, 0.25) is 0 Å². The van der Waals surface area contributed by atoms with Crippen LogP contribution in [-0.2, 0) is 0 Å². The van der Waals surface area contributed by atoms with E-state index in [1.165, 1.54) is 5.56 Å². The summed E-state index contributed by atoms with van der Waals surface area (Å²) < 4.78 is 0. The molecular weight excluding hydrogens is 284 g/mol. The van der Waals surface area contributed by atoms with E-state index in [2.05, 4.69) is 30.3 Å². The van der Waals surface area contributed by atoms with E-state index in [9.17, 15) is 4.79 Å². The van der Waals surface area contributed by atoms with Gasteiger partial charge < -0.3 is 10.2 Å². The Bertz CT molecular complexity index is 554. The zero-order chi connectivity index (χ0) is 16.8. The van der Waals surface area contributed by atoms with E-state index in [0.717, 1.165) is 43.7 Å². The standard InChI is InChI=1S/C20H28N2O/c1-5-16(3)17(4)22-12-10-18(11-13-22)14-21-20(23)19-8-6-15(2)7-9-19/h5-9,16,18H,1,4,10-14H2,2-3H3,(H,21,23). The second kappa shape index (κ2) is 8.00. The number of amides is 1. The van der Waals surface area contributed by atoms with Crippen molar-refractivity contribution in [3.63, 3.8) is 0 Å². The lowest BCUT2D eigenvalue weighted by Gasteiger charge is -2.36. The first-order valence-corrected chi connectivity index (χ1v) is 8.42. The summed E-state index contributed by atoms with van der Waals surface area (Å²) >= 11 is 0. The highest BCUT2D eigenvalue weighted by atomic mass is 16.1. The number of allylic oxidation sites excluding steroid dienone is 1. The molecule has 3 nitrogen and oxygen atoms in total. The molecule has 1 aliphatic heterocycles. The Balaban J connectivity index is 1.76. The van der Waals surface area contributed by atoms with Gasteiger partial charge in [-0.2, -0.15) is 0 Å². The number of nitrogens with zero attached hydrogens (tertiary/aromatic N) is 1. The van der Waals surface area contributed by atoms with Crippen molar-refractivity contribution in [3.05, 3.63) is 60.3 Å². The van der Waals surface area contributed by atoms with Gasteiger partial charge in [0.1, 0.15) is 0 Å². The van der Waals surface area contributed by atoms with Crippen LogP contribution in [0.1, 0.15) is 35.7 Å². The van der Waals surface area contributed by atoms with Gasteiger partial charge in [-0.25, -0.2) is 0 Å². The molecular formula is C20H28N2O. The van der Waals surface area contributed by atoms with E-state index in [0.29, 0.717) is 11.8 Å². The molecule has 0 radical (unpaired) electrons. The van der Waals surface area contributed by atoms with Gasteiger partial charge in [0, 0.05) is 36.8 Å². The quantitative estimate of drug-likeness (QED) is 0.811. The second-order valence-electron chi connectivity index (χ2n) is 6.52. The molecule has 0 saturated carbocycles. The summed E-state index contributed by atoms with van der Waals surface area (Å²) in [5.74, 6) is 0.900. The van der Waals surface area contributed by atoms with E-state index >= 15 is 0 Å². The smallest absolute Gasteiger partial charge is 0.251 e. The van der Waals surface area contributed by atoms with Crippen LogP contribution < -0.4 is 5.32 Å². The zero-order valence-corrected chi connectivity index (χ0v) is 14.3. The summed E-state index contributed by atoms with van der Waals surface area (Å²) in [7, 11) is 0. The third-order valence-corrected chi connectivity index (χ3v) is 4.76. The Labute approximate surface area is 140 Å². The Morgan fingerprint density at radius 1 is 1.35 bits per heavy atom. The topological polar surface area (TPSA) is 32.3 Å². The van der Waals surface area contributed by atoms with Crippen LogP contribution in [0.15, 0.2) is 49.2 Å². The SMILES string of the molecule is C=CC(C)C(=C)N1CCC(CNC(=O)c2ccc(C)cc2)CC1. The summed E-state index contributed by atoms with van der Waals surface area (Å²) in [5.41, 5.74) is 3.06. The van der Waals surface area contributed by atoms with Crippen LogP contribution in [0.3, 0.4) is 0 Å². The number of carbonyl (C=O) groups is 1. The van der Waals surface area contributed by atoms with Gasteiger partial charge in [-0.1, -0.05) is 37.3 Å². The average molecular weight is 312 g/mol. The minimum Gasteiger partial charge on any atom is -0.375 e. The lowest BCUT2D eigenvalue weighted by molar-refractivity contribution is 0.0939. The maximum atomic E-state index is 12.2. The molecule has 1 fully saturated rings. The average Bonchev–Trinajstić information content (AvgIpc) is 2.59. The maximum absolute atomic E-state index is 12.2. The van der Waals surface area contributed by atoms with Crippen LogP contribution in [0.5, 0.6) is 0 Å². The normalized spacial score (nSPS) is 16.7. The maximum Gasteiger partial charge on any atom is 0.251 e. The van der Waals surface area contributed by atoms with Crippen molar-refractivity contribution in [3.8, 4) is 0 Å². The first kappa shape index (κ1) is 17.3. The van der Waals surface area contributed by atoms with Gasteiger partial charge in [0.15, 0.2) is 0 Å². The molecule has 23 heavy (non-hydrogen) atoms. The Kier molecular flexibility index (Phi) is 6.03. The minimum absolute atomic E-state index is 0.0251. The predicted octanol–water partition coefficient (Wildman–Crippen LogP) is 3.77. The summed E-state index contributed by atoms with van der Waals surface area (Å²) in [4.78, 5) is 14.5. The van der Waals surface area contributed by atoms with Gasteiger partial charge in [-0.05, 0) is 37.8 Å². The minimum atomic E-state index is 0.0251. The van der Waals surface area contributed by atoms with Gasteiger partial charge in [0.25, 0.3) is 5.91 Å². The monoisotopic (exact) mass is 312 g/mol. The molecule has 1 atom stereocenters. The Morgan fingerprint density at radius 3 is 2.52 bits per heavy atom. The lowest BCUT2D eigenvalue weighted by Crippen LogP contribution is -2.38. The number of aryl methyl sites for hydroxylation is 1. The van der Waals surface area contributed by atoms with Crippen molar-refractivity contribution in [1.29, 1.82) is 0 Å². The summed E-state index contributed by atoms with van der Waals surface area (Å²) in [5, 5.41) is 3.07. The van der Waals surface area contributed by atoms with Gasteiger partial charge in [0.05, 0.1) is 0 Å². The number of hydrogen-bond acceptors (Lipinski definition) is 2. The fraction of sp³-hybridized carbons (Fsp3) is 0.450. The summed E-state index contributed by atoms with van der Waals surface area (Å²) in [6, 6.07) is 7.71. The number of hydrogen-bond donors (Lipinski definition) is 1. The molecule has 1 aromatic carbocycles. The highest BCUT2D eigenvalue weighted by molar-refractivity contribution is 5.94. The molecule has 1 unspecified atom stereocenters. The van der Waals surface area contributed by atoms with Crippen LogP contribution in [0.25, 0.3) is 0 Å². The highest BCUT2D eigenvalue weighted by Gasteiger charge is 2.21. The summed E-state index contributed by atoms with van der Waals surface area (Å²) in [6.07, 6.45) is 4.13. The van der Waals surface area contributed by atoms with Crippen molar-refractivity contribution >= 4 is 5.91 Å². The molecule has 1 heterocycles. The van der Waals surface area contributed by atoms with Crippen molar-refractivity contribution in [2.75, 3.05) is 19.6 Å². The van der Waals surface area contributed by atoms with Crippen molar-refractivity contribution in [1.82, 2.24) is 10.2 Å². The molecule has 0 aliphatic carbocycles. The van der Waals surface area contributed by atoms with Crippen LogP contribution in [0.4, 0.5) is 0 Å². The molecule has 1 aromatic rings. The van der Waals surface area contributed by atoms with Crippen LogP contribution in [-0.4, -0.2) is 30.4 Å². The lowest BCUT2D eigenvalue weighted by atomic mass is 9.95. The fourth-order valence-electron chi connectivity index (χ4n) is 2.89. The van der Waals surface area contributed by atoms with Gasteiger partial charge in [-0.15, -0.1) is 6.58 Å². The van der Waals surface area contributed by atoms with E-state index in [4.69, 9.17) is 0 Å². The summed E-state index contributed by atoms with van der Waals surface area (Å²) in [6.45, 7) is 15.0. The van der Waals surface area contributed by atoms with Crippen LogP contribution >= 0.6 is 0 Å². The molecule has 0 spiro atoms. The molecule has 2 rings (SSSR count). The molecule has 1 aliphatic rings. The van der Waals surface area contributed by atoms with Gasteiger partial charge in [-0.3, -0.25) is 4.79 Å². The van der Waals surface area contributed by atoms with E-state index < -0.39 is 0 Å². The van der Waals surface area contributed by atoms with Crippen molar-refractivity contribution < 1.29 is 4.79 Å². The largest absolute Gasteiger partial charge is 0.375 e. The van der Waals surface area contributed by atoms with Crippen LogP contribution in [0, 0.1) is 18.8 Å². The van der Waals surface area contributed by atoms with E-state index in [1.807, 2.05) is 37.3 Å². The Morgan fingerprint density at radius 2 is 1.96 bits per heavy atom. The first-order valence-electron chi connectivity index (χ1n) is 8.42. The second-order valence-corrected chi connectivity index (χ2v) is 6.52. The van der Waals surface area contributed by atoms with Gasteiger partial charge in [0.2, 0.25) is 0 Å². The van der Waals surface area contributed by atoms with E-state index in [-0.39, 0.29) is 5.91 Å². The van der Waals surface area contributed by atoms with Crippen molar-refractivity contribution in [2.24, 2.45) is 11.8 Å². The molecule has 0 aromatic heterocycles. The number of carbonyl (C=O) groups excluding carboxylic acids is 1. The van der Waals surface area contributed by atoms with E-state index in [1.54, 1.807) is 0 Å². The number of nitrogens with one attached hydrogen (secondary N) is 1. The third kappa shape index (κ3) is 4.72.